The number of halogens is 1. The molecule has 0 unspecified atom stereocenters. The molecule has 0 fully saturated rings. The number of carbonyl (C=O) groups excluding carboxylic acids is 1. The van der Waals surface area contributed by atoms with Crippen LogP contribution in [0.3, 0.4) is 0 Å². The average Bonchev–Trinajstić information content (AvgIpc) is 2.05. The van der Waals surface area contributed by atoms with Crippen molar-refractivity contribution in [2.75, 3.05) is 0 Å². The number of hydrogen-bond donors (Lipinski definition) is 0. The number of aldehydes is 1. The third kappa shape index (κ3) is 1.60. The lowest BCUT2D eigenvalue weighted by Gasteiger charge is -1.91. The van der Waals surface area contributed by atoms with Crippen LogP contribution in [0.5, 0.6) is 0 Å². The van der Waals surface area contributed by atoms with Crippen molar-refractivity contribution < 1.29 is 4.79 Å². The fraction of sp³-hybridized carbons (Fsp3) is 0.167. The molecule has 0 aliphatic rings. The molecule has 1 aromatic rings. The van der Waals surface area contributed by atoms with E-state index in [2.05, 4.69) is 25.9 Å². The van der Waals surface area contributed by atoms with E-state index in [-0.39, 0.29) is 0 Å². The molecule has 10 heavy (non-hydrogen) atoms. The maximum absolute atomic E-state index is 10.2. The molecule has 4 heteroatoms. The first-order valence-corrected chi connectivity index (χ1v) is 3.82. The van der Waals surface area contributed by atoms with Gasteiger partial charge in [0.25, 0.3) is 0 Å². The Morgan fingerprint density at radius 3 is 3.10 bits per heavy atom. The summed E-state index contributed by atoms with van der Waals surface area (Å²) in [5.41, 5.74) is 0.421. The normalized spacial score (nSPS) is 9.30. The van der Waals surface area contributed by atoms with Crippen molar-refractivity contribution in [3.8, 4) is 0 Å². The van der Waals surface area contributed by atoms with Crippen LogP contribution in [-0.4, -0.2) is 16.3 Å². The molecule has 0 saturated heterocycles. The van der Waals surface area contributed by atoms with Crippen molar-refractivity contribution in [2.45, 2.75) is 5.33 Å². The Labute approximate surface area is 66.6 Å². The van der Waals surface area contributed by atoms with Gasteiger partial charge in [0.05, 0.1) is 5.33 Å². The number of nitrogens with zero attached hydrogens (tertiary/aromatic N) is 2. The van der Waals surface area contributed by atoms with Crippen LogP contribution in [0.15, 0.2) is 12.3 Å². The van der Waals surface area contributed by atoms with Crippen LogP contribution in [0.2, 0.25) is 0 Å². The monoisotopic (exact) mass is 200 g/mol. The van der Waals surface area contributed by atoms with Crippen LogP contribution in [-0.2, 0) is 5.33 Å². The van der Waals surface area contributed by atoms with Crippen LogP contribution in [0.1, 0.15) is 16.3 Å². The molecule has 0 atom stereocenters. The van der Waals surface area contributed by atoms with E-state index < -0.39 is 0 Å². The van der Waals surface area contributed by atoms with Gasteiger partial charge in [-0.3, -0.25) is 4.79 Å². The molecular weight excluding hydrogens is 196 g/mol. The second kappa shape index (κ2) is 3.41. The highest BCUT2D eigenvalue weighted by molar-refractivity contribution is 9.08. The highest BCUT2D eigenvalue weighted by Gasteiger charge is 1.93. The Bertz CT molecular complexity index is 239. The molecule has 0 aliphatic carbocycles. The van der Waals surface area contributed by atoms with Crippen molar-refractivity contribution in [3.63, 3.8) is 0 Å². The Hall–Kier alpha value is -0.770. The van der Waals surface area contributed by atoms with Crippen LogP contribution in [0, 0.1) is 0 Å². The van der Waals surface area contributed by atoms with E-state index in [0.717, 1.165) is 0 Å². The van der Waals surface area contributed by atoms with Gasteiger partial charge in [0, 0.05) is 6.20 Å². The Morgan fingerprint density at radius 1 is 1.70 bits per heavy atom. The van der Waals surface area contributed by atoms with Gasteiger partial charge in [-0.15, -0.1) is 0 Å². The third-order valence-electron chi connectivity index (χ3n) is 0.967. The molecule has 1 rings (SSSR count). The zero-order valence-corrected chi connectivity index (χ0v) is 6.71. The largest absolute Gasteiger partial charge is 0.296 e. The molecular formula is C6H5BrN2O. The van der Waals surface area contributed by atoms with E-state index in [9.17, 15) is 4.79 Å². The van der Waals surface area contributed by atoms with E-state index in [0.29, 0.717) is 23.1 Å². The van der Waals surface area contributed by atoms with Gasteiger partial charge in [-0.05, 0) is 6.07 Å². The molecule has 0 aliphatic heterocycles. The van der Waals surface area contributed by atoms with E-state index >= 15 is 0 Å². The lowest BCUT2D eigenvalue weighted by molar-refractivity contribution is 0.111. The van der Waals surface area contributed by atoms with Gasteiger partial charge >= 0.3 is 0 Å². The predicted octanol–water partition coefficient (Wildman–Crippen LogP) is 1.18. The predicted molar refractivity (Wildman–Crippen MR) is 40.1 cm³/mol. The van der Waals surface area contributed by atoms with Gasteiger partial charge in [0.15, 0.2) is 6.29 Å². The topological polar surface area (TPSA) is 42.9 Å². The summed E-state index contributed by atoms with van der Waals surface area (Å²) in [6.45, 7) is 0. The lowest BCUT2D eigenvalue weighted by Crippen LogP contribution is -1.94. The Morgan fingerprint density at radius 2 is 2.50 bits per heavy atom. The first-order chi connectivity index (χ1) is 4.86. The SMILES string of the molecule is O=Cc1ccnc(CBr)n1. The standard InChI is InChI=1S/C6H5BrN2O/c7-3-6-8-2-1-5(4-10)9-6/h1-2,4H,3H2. The van der Waals surface area contributed by atoms with Gasteiger partial charge in [0.2, 0.25) is 0 Å². The molecule has 0 N–H and O–H groups in total. The van der Waals surface area contributed by atoms with Crippen molar-refractivity contribution in [2.24, 2.45) is 0 Å². The molecule has 0 saturated carbocycles. The maximum Gasteiger partial charge on any atom is 0.168 e. The molecule has 0 spiro atoms. The van der Waals surface area contributed by atoms with Crippen molar-refractivity contribution in [1.29, 1.82) is 0 Å². The van der Waals surface area contributed by atoms with Crippen LogP contribution >= 0.6 is 15.9 Å². The van der Waals surface area contributed by atoms with E-state index in [1.54, 1.807) is 12.3 Å². The van der Waals surface area contributed by atoms with E-state index in [1.807, 2.05) is 0 Å². The van der Waals surface area contributed by atoms with Crippen LogP contribution in [0.4, 0.5) is 0 Å². The van der Waals surface area contributed by atoms with Gasteiger partial charge in [-0.1, -0.05) is 15.9 Å². The molecule has 52 valence electrons. The second-order valence-electron chi connectivity index (χ2n) is 1.65. The fourth-order valence-corrected chi connectivity index (χ4v) is 0.815. The molecule has 3 nitrogen and oxygen atoms in total. The van der Waals surface area contributed by atoms with Crippen molar-refractivity contribution in [3.05, 3.63) is 23.8 Å². The minimum atomic E-state index is 0.421. The van der Waals surface area contributed by atoms with Crippen LogP contribution < -0.4 is 0 Å². The van der Waals surface area contributed by atoms with Gasteiger partial charge in [0.1, 0.15) is 11.5 Å². The maximum atomic E-state index is 10.2. The number of carbonyl (C=O) groups is 1. The molecule has 0 radical (unpaired) electrons. The quantitative estimate of drug-likeness (QED) is 0.533. The summed E-state index contributed by atoms with van der Waals surface area (Å²) >= 11 is 3.18. The lowest BCUT2D eigenvalue weighted by atomic mass is 10.4. The summed E-state index contributed by atoms with van der Waals surface area (Å²) < 4.78 is 0. The molecule has 0 amide bonds. The third-order valence-corrected chi connectivity index (χ3v) is 1.47. The van der Waals surface area contributed by atoms with Crippen molar-refractivity contribution in [1.82, 2.24) is 9.97 Å². The Kier molecular flexibility index (Phi) is 2.50. The first kappa shape index (κ1) is 7.34. The second-order valence-corrected chi connectivity index (χ2v) is 2.21. The minimum absolute atomic E-state index is 0.421. The number of aromatic nitrogens is 2. The van der Waals surface area contributed by atoms with Gasteiger partial charge in [-0.25, -0.2) is 9.97 Å². The summed E-state index contributed by atoms with van der Waals surface area (Å²) in [5.74, 6) is 0.629. The summed E-state index contributed by atoms with van der Waals surface area (Å²) in [6, 6.07) is 1.57. The first-order valence-electron chi connectivity index (χ1n) is 2.70. The summed E-state index contributed by atoms with van der Waals surface area (Å²) in [7, 11) is 0. The number of hydrogen-bond acceptors (Lipinski definition) is 3. The van der Waals surface area contributed by atoms with Crippen molar-refractivity contribution >= 4 is 22.2 Å². The molecule has 1 aromatic heterocycles. The Balaban J connectivity index is 2.98. The minimum Gasteiger partial charge on any atom is -0.296 e. The van der Waals surface area contributed by atoms with Gasteiger partial charge in [-0.2, -0.15) is 0 Å². The zero-order chi connectivity index (χ0) is 7.40. The number of rotatable bonds is 2. The summed E-state index contributed by atoms with van der Waals surface area (Å²) in [4.78, 5) is 17.9. The number of alkyl halides is 1. The van der Waals surface area contributed by atoms with Crippen LogP contribution in [0.25, 0.3) is 0 Å². The smallest absolute Gasteiger partial charge is 0.168 e. The van der Waals surface area contributed by atoms with E-state index in [1.165, 1.54) is 0 Å². The fourth-order valence-electron chi connectivity index (χ4n) is 0.545. The highest BCUT2D eigenvalue weighted by Crippen LogP contribution is 1.97. The molecule has 0 aromatic carbocycles. The highest BCUT2D eigenvalue weighted by atomic mass is 79.9. The average molecular weight is 201 g/mol. The zero-order valence-electron chi connectivity index (χ0n) is 5.12. The van der Waals surface area contributed by atoms with Gasteiger partial charge < -0.3 is 0 Å². The summed E-state index contributed by atoms with van der Waals surface area (Å²) in [5, 5.41) is 0.578. The summed E-state index contributed by atoms with van der Waals surface area (Å²) in [6.07, 6.45) is 2.27. The van der Waals surface area contributed by atoms with E-state index in [4.69, 9.17) is 0 Å². The molecule has 1 heterocycles. The molecule has 0 bridgehead atoms.